The molecule has 112 valence electrons. The van der Waals surface area contributed by atoms with E-state index in [4.69, 9.17) is 5.11 Å². The maximum atomic E-state index is 11.8. The third-order valence-electron chi connectivity index (χ3n) is 3.18. The van der Waals surface area contributed by atoms with Gasteiger partial charge in [-0.2, -0.15) is 5.10 Å². The largest absolute Gasteiger partial charge is 0.476 e. The lowest BCUT2D eigenvalue weighted by molar-refractivity contribution is -0.122. The molecule has 0 atom stereocenters. The second-order valence-electron chi connectivity index (χ2n) is 4.66. The molecule has 2 N–H and O–H groups in total. The van der Waals surface area contributed by atoms with E-state index in [1.54, 1.807) is 4.68 Å². The third-order valence-corrected chi connectivity index (χ3v) is 3.18. The Balaban J connectivity index is 1.94. The second-order valence-corrected chi connectivity index (χ2v) is 4.66. The monoisotopic (exact) mass is 292 g/mol. The zero-order valence-corrected chi connectivity index (χ0v) is 12.0. The number of amides is 1. The van der Waals surface area contributed by atoms with Crippen LogP contribution in [0.4, 0.5) is 0 Å². The van der Waals surface area contributed by atoms with E-state index in [9.17, 15) is 9.59 Å². The highest BCUT2D eigenvalue weighted by Crippen LogP contribution is 2.11. The van der Waals surface area contributed by atoms with E-state index >= 15 is 0 Å². The normalized spacial score (nSPS) is 10.6. The standard InChI is InChI=1S/C12H16N6O3/c1-7-9(8(2)17(3)15-7)4-13-11(19)6-18-5-10(12(20)21)14-16-18/h5H,4,6H2,1-3H3,(H,13,19)(H,20,21). The van der Waals surface area contributed by atoms with E-state index in [0.29, 0.717) is 6.54 Å². The molecule has 0 saturated heterocycles. The number of aryl methyl sites for hydroxylation is 2. The van der Waals surface area contributed by atoms with Crippen LogP contribution in [-0.4, -0.2) is 41.8 Å². The Morgan fingerprint density at radius 2 is 2.10 bits per heavy atom. The summed E-state index contributed by atoms with van der Waals surface area (Å²) in [6.45, 7) is 4.09. The number of aromatic carboxylic acids is 1. The van der Waals surface area contributed by atoms with Gasteiger partial charge in [0.15, 0.2) is 5.69 Å². The fraction of sp³-hybridized carbons (Fsp3) is 0.417. The fourth-order valence-corrected chi connectivity index (χ4v) is 1.94. The van der Waals surface area contributed by atoms with Gasteiger partial charge in [-0.3, -0.25) is 9.48 Å². The van der Waals surface area contributed by atoms with Crippen LogP contribution < -0.4 is 5.32 Å². The molecule has 2 heterocycles. The Morgan fingerprint density at radius 1 is 1.38 bits per heavy atom. The molecular formula is C12H16N6O3. The molecule has 9 nitrogen and oxygen atoms in total. The minimum atomic E-state index is -1.18. The van der Waals surface area contributed by atoms with Crippen molar-refractivity contribution in [3.05, 3.63) is 28.8 Å². The Morgan fingerprint density at radius 3 is 2.62 bits per heavy atom. The van der Waals surface area contributed by atoms with E-state index in [1.165, 1.54) is 10.9 Å². The number of rotatable bonds is 5. The van der Waals surface area contributed by atoms with Crippen molar-refractivity contribution in [1.29, 1.82) is 0 Å². The molecule has 9 heteroatoms. The van der Waals surface area contributed by atoms with Crippen LogP contribution in [0.5, 0.6) is 0 Å². The van der Waals surface area contributed by atoms with E-state index in [1.807, 2.05) is 20.9 Å². The topological polar surface area (TPSA) is 115 Å². The molecule has 21 heavy (non-hydrogen) atoms. The number of carboxylic acids is 1. The first-order valence-electron chi connectivity index (χ1n) is 6.27. The van der Waals surface area contributed by atoms with Crippen molar-refractivity contribution in [3.63, 3.8) is 0 Å². The predicted molar refractivity (Wildman–Crippen MR) is 71.5 cm³/mol. The molecule has 0 aliphatic carbocycles. The molecule has 0 fully saturated rings. The highest BCUT2D eigenvalue weighted by Gasteiger charge is 2.13. The smallest absolute Gasteiger partial charge is 0.358 e. The summed E-state index contributed by atoms with van der Waals surface area (Å²) >= 11 is 0. The molecular weight excluding hydrogens is 276 g/mol. The molecule has 0 unspecified atom stereocenters. The van der Waals surface area contributed by atoms with E-state index in [-0.39, 0.29) is 18.1 Å². The molecule has 0 aromatic carbocycles. The SMILES string of the molecule is Cc1nn(C)c(C)c1CNC(=O)Cn1cc(C(=O)O)nn1. The predicted octanol–water partition coefficient (Wildman–Crippen LogP) is -0.357. The Bertz CT molecular complexity index is 687. The van der Waals surface area contributed by atoms with Crippen molar-refractivity contribution in [1.82, 2.24) is 30.1 Å². The summed E-state index contributed by atoms with van der Waals surface area (Å²) in [6, 6.07) is 0. The number of hydrogen-bond donors (Lipinski definition) is 2. The minimum absolute atomic E-state index is 0.0847. The van der Waals surface area contributed by atoms with Crippen molar-refractivity contribution in [2.75, 3.05) is 0 Å². The van der Waals surface area contributed by atoms with Gasteiger partial charge in [-0.1, -0.05) is 5.21 Å². The van der Waals surface area contributed by atoms with Crippen LogP contribution in [0.25, 0.3) is 0 Å². The lowest BCUT2D eigenvalue weighted by Gasteiger charge is -2.05. The van der Waals surface area contributed by atoms with Gasteiger partial charge in [0.1, 0.15) is 6.54 Å². The first-order chi connectivity index (χ1) is 9.88. The van der Waals surface area contributed by atoms with E-state index in [2.05, 4.69) is 20.7 Å². The van der Waals surface area contributed by atoms with Crippen LogP contribution >= 0.6 is 0 Å². The third kappa shape index (κ3) is 3.25. The lowest BCUT2D eigenvalue weighted by Crippen LogP contribution is -2.27. The molecule has 2 aromatic rings. The Labute approximate surface area is 120 Å². The second kappa shape index (κ2) is 5.73. The molecule has 0 aliphatic heterocycles. The van der Waals surface area contributed by atoms with Gasteiger partial charge in [0.2, 0.25) is 5.91 Å². The summed E-state index contributed by atoms with van der Waals surface area (Å²) in [5, 5.41) is 22.8. The lowest BCUT2D eigenvalue weighted by atomic mass is 10.2. The molecule has 0 saturated carbocycles. The van der Waals surface area contributed by atoms with Crippen LogP contribution in [0.15, 0.2) is 6.20 Å². The summed E-state index contributed by atoms with van der Waals surface area (Å²) < 4.78 is 2.94. The van der Waals surface area contributed by atoms with E-state index < -0.39 is 5.97 Å². The number of nitrogens with zero attached hydrogens (tertiary/aromatic N) is 5. The van der Waals surface area contributed by atoms with Gasteiger partial charge in [0, 0.05) is 24.8 Å². The molecule has 0 spiro atoms. The zero-order valence-electron chi connectivity index (χ0n) is 12.0. The first kappa shape index (κ1) is 14.7. The number of aromatic nitrogens is 5. The fourth-order valence-electron chi connectivity index (χ4n) is 1.94. The number of carboxylic acid groups (broad SMARTS) is 1. The van der Waals surface area contributed by atoms with E-state index in [0.717, 1.165) is 17.0 Å². The molecule has 0 bridgehead atoms. The number of carbonyl (C=O) groups is 2. The summed E-state index contributed by atoms with van der Waals surface area (Å²) in [5.74, 6) is -1.46. The maximum absolute atomic E-state index is 11.8. The van der Waals surface area contributed by atoms with Crippen LogP contribution in [0.1, 0.15) is 27.4 Å². The van der Waals surface area contributed by atoms with Crippen molar-refractivity contribution in [2.45, 2.75) is 26.9 Å². The van der Waals surface area contributed by atoms with Crippen molar-refractivity contribution in [3.8, 4) is 0 Å². The van der Waals surface area contributed by atoms with Crippen LogP contribution in [-0.2, 0) is 24.9 Å². The highest BCUT2D eigenvalue weighted by molar-refractivity contribution is 5.84. The van der Waals surface area contributed by atoms with Gasteiger partial charge in [-0.05, 0) is 13.8 Å². The first-order valence-corrected chi connectivity index (χ1v) is 6.27. The van der Waals surface area contributed by atoms with Gasteiger partial charge >= 0.3 is 5.97 Å². The quantitative estimate of drug-likeness (QED) is 0.778. The number of hydrogen-bond acceptors (Lipinski definition) is 5. The molecule has 0 radical (unpaired) electrons. The number of carbonyl (C=O) groups excluding carboxylic acids is 1. The van der Waals surface area contributed by atoms with Crippen LogP contribution in [0, 0.1) is 13.8 Å². The van der Waals surface area contributed by atoms with Crippen LogP contribution in [0.3, 0.4) is 0 Å². The highest BCUT2D eigenvalue weighted by atomic mass is 16.4. The molecule has 2 aromatic heterocycles. The number of nitrogens with one attached hydrogen (secondary N) is 1. The van der Waals surface area contributed by atoms with Crippen molar-refractivity contribution >= 4 is 11.9 Å². The molecule has 1 amide bonds. The van der Waals surface area contributed by atoms with Crippen LogP contribution in [0.2, 0.25) is 0 Å². The van der Waals surface area contributed by atoms with Crippen molar-refractivity contribution < 1.29 is 14.7 Å². The van der Waals surface area contributed by atoms with Gasteiger partial charge in [-0.25, -0.2) is 9.48 Å². The van der Waals surface area contributed by atoms with Gasteiger partial charge < -0.3 is 10.4 Å². The molecule has 0 aliphatic rings. The summed E-state index contributed by atoms with van der Waals surface area (Å²) in [6.07, 6.45) is 1.21. The average Bonchev–Trinajstić information content (AvgIpc) is 2.95. The van der Waals surface area contributed by atoms with Gasteiger partial charge in [0.05, 0.1) is 11.9 Å². The van der Waals surface area contributed by atoms with Crippen molar-refractivity contribution in [2.24, 2.45) is 7.05 Å². The molecule has 2 rings (SSSR count). The maximum Gasteiger partial charge on any atom is 0.358 e. The average molecular weight is 292 g/mol. The Hall–Kier alpha value is -2.71. The summed E-state index contributed by atoms with van der Waals surface area (Å²) in [7, 11) is 1.84. The Kier molecular flexibility index (Phi) is 4.01. The van der Waals surface area contributed by atoms with Gasteiger partial charge in [0.25, 0.3) is 0 Å². The minimum Gasteiger partial charge on any atom is -0.476 e. The van der Waals surface area contributed by atoms with Gasteiger partial charge in [-0.15, -0.1) is 5.10 Å². The summed E-state index contributed by atoms with van der Waals surface area (Å²) in [4.78, 5) is 22.5. The summed E-state index contributed by atoms with van der Waals surface area (Å²) in [5.41, 5.74) is 2.63. The zero-order chi connectivity index (χ0) is 15.6.